The smallest absolute Gasteiger partial charge is 0.407 e. The Morgan fingerprint density at radius 2 is 1.50 bits per heavy atom. The monoisotopic (exact) mass is 816 g/mol. The van der Waals surface area contributed by atoms with Crippen LogP contribution in [0.5, 0.6) is 0 Å². The molecular formula is C45H73N3O10. The Morgan fingerprint density at radius 1 is 0.793 bits per heavy atom. The first-order chi connectivity index (χ1) is 27.8. The van der Waals surface area contributed by atoms with E-state index in [1.807, 2.05) is 0 Å². The van der Waals surface area contributed by atoms with Gasteiger partial charge in [-0.15, -0.1) is 5.06 Å². The maximum absolute atomic E-state index is 12.7. The van der Waals surface area contributed by atoms with Crippen molar-refractivity contribution in [2.24, 2.45) is 46.3 Å². The van der Waals surface area contributed by atoms with E-state index in [-0.39, 0.29) is 62.4 Å². The summed E-state index contributed by atoms with van der Waals surface area (Å²) >= 11 is 0. The summed E-state index contributed by atoms with van der Waals surface area (Å²) in [6.45, 7) is 15.5. The molecule has 5 rings (SSSR count). The number of carbonyl (C=O) groups is 5. The molecule has 1 heterocycles. The highest BCUT2D eigenvalue weighted by Crippen LogP contribution is 2.67. The number of rotatable bonds is 23. The van der Waals surface area contributed by atoms with E-state index in [0.717, 1.165) is 54.8 Å². The van der Waals surface area contributed by atoms with Gasteiger partial charge in [0.05, 0.1) is 39.5 Å². The standard InChI is InChI=1S/C45H73N3O10/c1-31(2)8-6-9-32(3)36-12-13-37-35-11-10-33-30-34(18-20-44(33,4)38(35)19-21-45(36,37)5)57-43(53)47-22-7-24-54-26-28-56-29-27-55-25-23-46-39(49)14-17-42(52)58-48-40(50)15-16-41(48)51/h10,31-32,34-38H,6-9,11-30H2,1-5H3,(H,46,49)(H,47,53)/t32-,34?,35+,36-,37+,38?,44+,45-/m1/s1. The van der Waals surface area contributed by atoms with Gasteiger partial charge in [-0.25, -0.2) is 9.59 Å². The lowest BCUT2D eigenvalue weighted by molar-refractivity contribution is -0.197. The molecule has 13 heteroatoms. The normalized spacial score (nSPS) is 29.7. The topological polar surface area (TPSA) is 159 Å². The Balaban J connectivity index is 0.854. The lowest BCUT2D eigenvalue weighted by atomic mass is 9.47. The molecule has 0 aromatic heterocycles. The first-order valence-corrected chi connectivity index (χ1v) is 22.5. The zero-order valence-corrected chi connectivity index (χ0v) is 36.1. The van der Waals surface area contributed by atoms with Crippen LogP contribution in [0, 0.1) is 46.3 Å². The maximum Gasteiger partial charge on any atom is 0.407 e. The second kappa shape index (κ2) is 22.0. The summed E-state index contributed by atoms with van der Waals surface area (Å²) in [7, 11) is 0. The number of carbonyl (C=O) groups excluding carboxylic acids is 5. The van der Waals surface area contributed by atoms with Crippen molar-refractivity contribution in [1.82, 2.24) is 15.7 Å². The van der Waals surface area contributed by atoms with Crippen molar-refractivity contribution >= 4 is 29.8 Å². The summed E-state index contributed by atoms with van der Waals surface area (Å²) in [4.78, 5) is 64.1. The van der Waals surface area contributed by atoms with E-state index in [4.69, 9.17) is 23.8 Å². The molecule has 1 aliphatic heterocycles. The number of imide groups is 1. The van der Waals surface area contributed by atoms with Gasteiger partial charge in [-0.3, -0.25) is 14.4 Å². The number of nitrogens with one attached hydrogen (secondary N) is 2. The number of hydrogen-bond acceptors (Lipinski definition) is 10. The second-order valence-electron chi connectivity index (χ2n) is 18.6. The average molecular weight is 816 g/mol. The Labute approximate surface area is 346 Å². The highest BCUT2D eigenvalue weighted by Gasteiger charge is 2.59. The number of ether oxygens (including phenoxy) is 4. The van der Waals surface area contributed by atoms with Gasteiger partial charge < -0.3 is 34.4 Å². The van der Waals surface area contributed by atoms with Crippen molar-refractivity contribution in [2.45, 2.75) is 143 Å². The van der Waals surface area contributed by atoms with Crippen LogP contribution in [-0.2, 0) is 43.0 Å². The van der Waals surface area contributed by atoms with Crippen molar-refractivity contribution in [3.8, 4) is 0 Å². The summed E-state index contributed by atoms with van der Waals surface area (Å²) < 4.78 is 22.5. The van der Waals surface area contributed by atoms with Crippen LogP contribution in [0.2, 0.25) is 0 Å². The molecule has 4 aliphatic carbocycles. The van der Waals surface area contributed by atoms with Crippen LogP contribution in [0.15, 0.2) is 11.6 Å². The van der Waals surface area contributed by atoms with Crippen LogP contribution >= 0.6 is 0 Å². The minimum atomic E-state index is -0.815. The summed E-state index contributed by atoms with van der Waals surface area (Å²) in [6.07, 6.45) is 16.3. The van der Waals surface area contributed by atoms with Gasteiger partial charge >= 0.3 is 12.1 Å². The summed E-state index contributed by atoms with van der Waals surface area (Å²) in [5.41, 5.74) is 2.27. The predicted molar refractivity (Wildman–Crippen MR) is 218 cm³/mol. The molecule has 4 amide bonds. The molecule has 328 valence electrons. The van der Waals surface area contributed by atoms with Crippen LogP contribution < -0.4 is 10.6 Å². The zero-order valence-electron chi connectivity index (χ0n) is 36.1. The highest BCUT2D eigenvalue weighted by molar-refractivity contribution is 6.01. The van der Waals surface area contributed by atoms with E-state index in [1.54, 1.807) is 0 Å². The molecule has 2 N–H and O–H groups in total. The van der Waals surface area contributed by atoms with E-state index in [1.165, 1.54) is 56.9 Å². The lowest BCUT2D eigenvalue weighted by Crippen LogP contribution is -2.51. The third-order valence-corrected chi connectivity index (χ3v) is 14.3. The van der Waals surface area contributed by atoms with Crippen molar-refractivity contribution in [1.29, 1.82) is 0 Å². The van der Waals surface area contributed by atoms with Crippen LogP contribution in [0.25, 0.3) is 0 Å². The molecule has 4 fully saturated rings. The second-order valence-corrected chi connectivity index (χ2v) is 18.6. The minimum absolute atomic E-state index is 0.0166. The lowest BCUT2D eigenvalue weighted by Gasteiger charge is -2.58. The van der Waals surface area contributed by atoms with Gasteiger partial charge in [-0.2, -0.15) is 0 Å². The number of allylic oxidation sites excluding steroid dienone is 1. The molecule has 3 saturated carbocycles. The first kappa shape index (κ1) is 46.0. The Hall–Kier alpha value is -3.03. The van der Waals surface area contributed by atoms with Crippen molar-refractivity contribution in [3.05, 3.63) is 11.6 Å². The summed E-state index contributed by atoms with van der Waals surface area (Å²) in [6, 6.07) is 0. The number of hydroxylamine groups is 2. The molecule has 0 aromatic carbocycles. The molecule has 0 bridgehead atoms. The zero-order chi connectivity index (χ0) is 41.7. The SMILES string of the molecule is CC(C)CCC[C@@H](C)[C@H]1CC[C@H]2[C@@H]3CC=C4CC(OC(=O)NCCCOCCOCCOCCNC(=O)CCC(=O)ON5C(=O)CCC5=O)CC[C@]4(C)C3CC[C@]12C. The van der Waals surface area contributed by atoms with E-state index in [2.05, 4.69) is 51.3 Å². The Morgan fingerprint density at radius 3 is 2.22 bits per heavy atom. The Bertz CT molecular complexity index is 1420. The minimum Gasteiger partial charge on any atom is -0.446 e. The molecule has 1 saturated heterocycles. The predicted octanol–water partition coefficient (Wildman–Crippen LogP) is 7.07. The first-order valence-electron chi connectivity index (χ1n) is 22.5. The molecule has 58 heavy (non-hydrogen) atoms. The fraction of sp³-hybridized carbons (Fsp3) is 0.844. The third kappa shape index (κ3) is 12.3. The van der Waals surface area contributed by atoms with Gasteiger partial charge in [0.1, 0.15) is 6.10 Å². The van der Waals surface area contributed by atoms with Crippen molar-refractivity contribution in [2.75, 3.05) is 52.7 Å². The van der Waals surface area contributed by atoms with Crippen LogP contribution in [0.4, 0.5) is 4.79 Å². The fourth-order valence-corrected chi connectivity index (χ4v) is 11.2. The Kier molecular flexibility index (Phi) is 17.5. The number of alkyl carbamates (subject to hydrolysis) is 1. The number of fused-ring (bicyclic) bond motifs is 5. The molecule has 0 aromatic rings. The van der Waals surface area contributed by atoms with Gasteiger partial charge in [-0.1, -0.05) is 65.5 Å². The number of amides is 4. The number of nitrogens with zero attached hydrogens (tertiary/aromatic N) is 1. The van der Waals surface area contributed by atoms with Gasteiger partial charge in [0, 0.05) is 45.4 Å². The molecule has 0 spiro atoms. The molecule has 0 radical (unpaired) electrons. The van der Waals surface area contributed by atoms with E-state index < -0.39 is 17.8 Å². The average Bonchev–Trinajstić information content (AvgIpc) is 3.71. The van der Waals surface area contributed by atoms with Crippen LogP contribution in [0.3, 0.4) is 0 Å². The van der Waals surface area contributed by atoms with Crippen molar-refractivity contribution < 1.29 is 47.8 Å². The quantitative estimate of drug-likeness (QED) is 0.0621. The van der Waals surface area contributed by atoms with Gasteiger partial charge in [0.2, 0.25) is 5.91 Å². The van der Waals surface area contributed by atoms with E-state index in [9.17, 15) is 24.0 Å². The molecule has 8 atom stereocenters. The molecular weight excluding hydrogens is 743 g/mol. The summed E-state index contributed by atoms with van der Waals surface area (Å²) in [5, 5.41) is 6.01. The largest absolute Gasteiger partial charge is 0.446 e. The van der Waals surface area contributed by atoms with Crippen LogP contribution in [0.1, 0.15) is 137 Å². The van der Waals surface area contributed by atoms with Gasteiger partial charge in [0.25, 0.3) is 11.8 Å². The number of hydrogen-bond donors (Lipinski definition) is 2. The third-order valence-electron chi connectivity index (χ3n) is 14.3. The van der Waals surface area contributed by atoms with E-state index in [0.29, 0.717) is 56.5 Å². The van der Waals surface area contributed by atoms with E-state index >= 15 is 0 Å². The molecule has 13 nitrogen and oxygen atoms in total. The molecule has 2 unspecified atom stereocenters. The molecule has 5 aliphatic rings. The van der Waals surface area contributed by atoms with Gasteiger partial charge in [0.15, 0.2) is 0 Å². The maximum atomic E-state index is 12.7. The fourth-order valence-electron chi connectivity index (χ4n) is 11.2. The summed E-state index contributed by atoms with van der Waals surface area (Å²) in [5.74, 6) is 2.61. The highest BCUT2D eigenvalue weighted by atomic mass is 16.7. The van der Waals surface area contributed by atoms with Crippen LogP contribution in [-0.4, -0.2) is 93.7 Å². The van der Waals surface area contributed by atoms with Gasteiger partial charge in [-0.05, 0) is 97.7 Å². The van der Waals surface area contributed by atoms with Crippen molar-refractivity contribution in [3.63, 3.8) is 0 Å².